The zero-order chi connectivity index (χ0) is 18.3. The van der Waals surface area contributed by atoms with Gasteiger partial charge >= 0.3 is 0 Å². The van der Waals surface area contributed by atoms with E-state index in [-0.39, 0.29) is 10.9 Å². The van der Waals surface area contributed by atoms with E-state index >= 15 is 0 Å². The zero-order valence-corrected chi connectivity index (χ0v) is 17.0. The highest BCUT2D eigenvalue weighted by molar-refractivity contribution is 8.00. The molecule has 7 heteroatoms. The van der Waals surface area contributed by atoms with Crippen molar-refractivity contribution in [2.45, 2.75) is 25.2 Å². The second-order valence-electron chi connectivity index (χ2n) is 6.58. The van der Waals surface area contributed by atoms with Crippen molar-refractivity contribution >= 4 is 64.0 Å². The fraction of sp³-hybridized carbons (Fsp3) is 0.316. The Morgan fingerprint density at radius 2 is 1.92 bits per heavy atom. The first kappa shape index (κ1) is 18.3. The van der Waals surface area contributed by atoms with Crippen LogP contribution in [0.2, 0.25) is 15.1 Å². The van der Waals surface area contributed by atoms with Crippen molar-refractivity contribution in [1.29, 1.82) is 0 Å². The first-order valence-corrected chi connectivity index (χ1v) is 10.6. The lowest BCUT2D eigenvalue weighted by molar-refractivity contribution is 0.102. The Morgan fingerprint density at radius 3 is 2.62 bits per heavy atom. The highest BCUT2D eigenvalue weighted by Crippen LogP contribution is 2.42. The molecule has 1 amide bonds. The summed E-state index contributed by atoms with van der Waals surface area (Å²) in [6, 6.07) is 9.31. The third kappa shape index (κ3) is 3.94. The largest absolute Gasteiger partial charge is 0.322 e. The highest BCUT2D eigenvalue weighted by atomic mass is 35.5. The topological polar surface area (TPSA) is 32.3 Å². The standard InChI is InChI=1S/C19H17Cl3N2OS/c20-13-6-12(11-2-3-11)7-14(8-13)23-19(25)16-9-15(10-17(21)18(16)22)24-4-1-5-26-24/h6-11H,1-5H2,(H,23,25). The maximum atomic E-state index is 12.8. The summed E-state index contributed by atoms with van der Waals surface area (Å²) in [4.78, 5) is 12.8. The number of nitrogens with one attached hydrogen (secondary N) is 1. The number of benzene rings is 2. The molecule has 2 aromatic rings. The van der Waals surface area contributed by atoms with Crippen molar-refractivity contribution in [3.63, 3.8) is 0 Å². The SMILES string of the molecule is O=C(Nc1cc(Cl)cc(C2CC2)c1)c1cc(N2CCCS2)cc(Cl)c1Cl. The first-order chi connectivity index (χ1) is 12.5. The molecule has 1 saturated heterocycles. The molecule has 0 spiro atoms. The Balaban J connectivity index is 1.61. The van der Waals surface area contributed by atoms with E-state index in [0.717, 1.165) is 24.4 Å². The average Bonchev–Trinajstić information content (AvgIpc) is 3.31. The number of anilines is 2. The first-order valence-electron chi connectivity index (χ1n) is 8.52. The molecule has 1 aliphatic heterocycles. The van der Waals surface area contributed by atoms with Gasteiger partial charge in [-0.25, -0.2) is 0 Å². The second kappa shape index (κ2) is 7.51. The van der Waals surface area contributed by atoms with Crippen molar-refractivity contribution in [3.05, 3.63) is 56.5 Å². The maximum absolute atomic E-state index is 12.8. The summed E-state index contributed by atoms with van der Waals surface area (Å²) in [6.07, 6.45) is 3.45. The van der Waals surface area contributed by atoms with Crippen LogP contribution in [-0.4, -0.2) is 18.2 Å². The normalized spacial score (nSPS) is 16.8. The Labute approximate surface area is 172 Å². The molecule has 0 radical (unpaired) electrons. The van der Waals surface area contributed by atoms with Gasteiger partial charge in [0.15, 0.2) is 0 Å². The molecular weight excluding hydrogens is 411 g/mol. The molecule has 1 N–H and O–H groups in total. The van der Waals surface area contributed by atoms with Gasteiger partial charge in [0.05, 0.1) is 15.6 Å². The smallest absolute Gasteiger partial charge is 0.257 e. The van der Waals surface area contributed by atoms with Crippen LogP contribution in [0.3, 0.4) is 0 Å². The van der Waals surface area contributed by atoms with Gasteiger partial charge in [-0.15, -0.1) is 0 Å². The van der Waals surface area contributed by atoms with Crippen LogP contribution in [0.1, 0.15) is 41.1 Å². The summed E-state index contributed by atoms with van der Waals surface area (Å²) in [5.74, 6) is 1.33. The van der Waals surface area contributed by atoms with Crippen LogP contribution in [-0.2, 0) is 0 Å². The maximum Gasteiger partial charge on any atom is 0.257 e. The molecule has 2 aromatic carbocycles. The molecule has 0 unspecified atom stereocenters. The third-order valence-corrected chi connectivity index (χ3v) is 6.72. The van der Waals surface area contributed by atoms with Gasteiger partial charge in [-0.1, -0.05) is 34.8 Å². The van der Waals surface area contributed by atoms with Gasteiger partial charge in [0.2, 0.25) is 0 Å². The number of nitrogens with zero attached hydrogens (tertiary/aromatic N) is 1. The molecule has 2 fully saturated rings. The fourth-order valence-electron chi connectivity index (χ4n) is 3.07. The van der Waals surface area contributed by atoms with E-state index in [1.807, 2.05) is 18.2 Å². The minimum absolute atomic E-state index is 0.265. The van der Waals surface area contributed by atoms with Crippen molar-refractivity contribution in [3.8, 4) is 0 Å². The zero-order valence-electron chi connectivity index (χ0n) is 13.9. The predicted molar refractivity (Wildman–Crippen MR) is 112 cm³/mol. The van der Waals surface area contributed by atoms with Crippen molar-refractivity contribution in [1.82, 2.24) is 0 Å². The molecule has 1 saturated carbocycles. The number of hydrogen-bond donors (Lipinski definition) is 1. The molecule has 136 valence electrons. The summed E-state index contributed by atoms with van der Waals surface area (Å²) in [5.41, 5.74) is 3.11. The summed E-state index contributed by atoms with van der Waals surface area (Å²) >= 11 is 20.5. The van der Waals surface area contributed by atoms with Crippen molar-refractivity contribution in [2.24, 2.45) is 0 Å². The molecule has 1 aliphatic carbocycles. The second-order valence-corrected chi connectivity index (χ2v) is 8.91. The van der Waals surface area contributed by atoms with E-state index in [1.54, 1.807) is 24.1 Å². The van der Waals surface area contributed by atoms with Crippen LogP contribution < -0.4 is 9.62 Å². The molecule has 3 nitrogen and oxygen atoms in total. The number of hydrogen-bond acceptors (Lipinski definition) is 3. The third-order valence-electron chi connectivity index (χ3n) is 4.52. The highest BCUT2D eigenvalue weighted by Gasteiger charge is 2.25. The minimum Gasteiger partial charge on any atom is -0.322 e. The summed E-state index contributed by atoms with van der Waals surface area (Å²) in [7, 11) is 0. The van der Waals surface area contributed by atoms with Gasteiger partial charge in [0.1, 0.15) is 0 Å². The number of carbonyl (C=O) groups excluding carboxylic acids is 1. The van der Waals surface area contributed by atoms with E-state index < -0.39 is 0 Å². The molecule has 0 atom stereocenters. The van der Waals surface area contributed by atoms with E-state index in [0.29, 0.717) is 27.2 Å². The average molecular weight is 428 g/mol. The molecule has 0 bridgehead atoms. The number of rotatable bonds is 4. The molecular formula is C19H17Cl3N2OS. The Bertz CT molecular complexity index is 864. The Hall–Kier alpha value is -1.07. The fourth-order valence-corrected chi connectivity index (χ4v) is 4.71. The quantitative estimate of drug-likeness (QED) is 0.555. The molecule has 26 heavy (non-hydrogen) atoms. The number of amides is 1. The summed E-state index contributed by atoms with van der Waals surface area (Å²) in [5, 5.41) is 4.18. The van der Waals surface area contributed by atoms with Gasteiger partial charge in [0, 0.05) is 28.7 Å². The molecule has 2 aliphatic rings. The van der Waals surface area contributed by atoms with Gasteiger partial charge in [-0.3, -0.25) is 4.79 Å². The summed E-state index contributed by atoms with van der Waals surface area (Å²) in [6.45, 7) is 0.933. The Kier molecular flexibility index (Phi) is 5.29. The number of carbonyl (C=O) groups is 1. The van der Waals surface area contributed by atoms with Crippen LogP contribution in [0.4, 0.5) is 11.4 Å². The van der Waals surface area contributed by atoms with Gasteiger partial charge < -0.3 is 9.62 Å². The van der Waals surface area contributed by atoms with Gasteiger partial charge in [0.25, 0.3) is 5.91 Å². The van der Waals surface area contributed by atoms with E-state index in [1.165, 1.54) is 18.4 Å². The van der Waals surface area contributed by atoms with Crippen LogP contribution in [0.15, 0.2) is 30.3 Å². The predicted octanol–water partition coefficient (Wildman–Crippen LogP) is 6.63. The Morgan fingerprint density at radius 1 is 1.12 bits per heavy atom. The lowest BCUT2D eigenvalue weighted by Gasteiger charge is -2.18. The monoisotopic (exact) mass is 426 g/mol. The van der Waals surface area contributed by atoms with Crippen molar-refractivity contribution < 1.29 is 4.79 Å². The molecule has 4 rings (SSSR count). The lowest BCUT2D eigenvalue weighted by atomic mass is 10.1. The van der Waals surface area contributed by atoms with E-state index in [2.05, 4.69) is 9.62 Å². The van der Waals surface area contributed by atoms with Crippen LogP contribution >= 0.6 is 46.8 Å². The molecule has 1 heterocycles. The number of halogens is 3. The van der Waals surface area contributed by atoms with E-state index in [4.69, 9.17) is 34.8 Å². The minimum atomic E-state index is -0.285. The van der Waals surface area contributed by atoms with Crippen molar-refractivity contribution in [2.75, 3.05) is 21.9 Å². The summed E-state index contributed by atoms with van der Waals surface area (Å²) < 4.78 is 2.14. The van der Waals surface area contributed by atoms with Gasteiger partial charge in [-0.05, 0) is 73.0 Å². The lowest BCUT2D eigenvalue weighted by Crippen LogP contribution is -2.15. The van der Waals surface area contributed by atoms with E-state index in [9.17, 15) is 4.79 Å². The van der Waals surface area contributed by atoms with Crippen LogP contribution in [0, 0.1) is 0 Å². The van der Waals surface area contributed by atoms with Crippen LogP contribution in [0.5, 0.6) is 0 Å². The van der Waals surface area contributed by atoms with Gasteiger partial charge in [-0.2, -0.15) is 0 Å². The molecule has 0 aromatic heterocycles. The van der Waals surface area contributed by atoms with Crippen LogP contribution in [0.25, 0.3) is 0 Å².